The second-order valence-electron chi connectivity index (χ2n) is 4.70. The molecule has 0 atom stereocenters. The van der Waals surface area contributed by atoms with Crippen LogP contribution < -0.4 is 10.0 Å². The van der Waals surface area contributed by atoms with Crippen molar-refractivity contribution in [2.45, 2.75) is 37.8 Å². The van der Waals surface area contributed by atoms with Gasteiger partial charge < -0.3 is 10.1 Å². The molecule has 0 aromatic rings. The molecule has 0 aromatic heterocycles. The van der Waals surface area contributed by atoms with Gasteiger partial charge in [0.25, 0.3) is 10.2 Å². The third kappa shape index (κ3) is 4.47. The number of hydrogen-bond donors (Lipinski definition) is 2. The van der Waals surface area contributed by atoms with Crippen LogP contribution in [0.15, 0.2) is 0 Å². The molecule has 0 amide bonds. The number of nitrogens with zero attached hydrogens (tertiary/aromatic N) is 1. The maximum absolute atomic E-state index is 12.0. The van der Waals surface area contributed by atoms with Crippen LogP contribution in [0.3, 0.4) is 0 Å². The first-order valence-corrected chi connectivity index (χ1v) is 7.84. The molecule has 0 aromatic carbocycles. The van der Waals surface area contributed by atoms with Crippen molar-refractivity contribution in [2.75, 3.05) is 34.4 Å². The van der Waals surface area contributed by atoms with E-state index in [2.05, 4.69) is 10.0 Å². The Hall–Kier alpha value is -0.210. The summed E-state index contributed by atoms with van der Waals surface area (Å²) >= 11 is 0. The summed E-state index contributed by atoms with van der Waals surface area (Å²) in [5.74, 6) is 0. The third-order valence-electron chi connectivity index (χ3n) is 3.59. The zero-order chi connectivity index (χ0) is 13.6. The van der Waals surface area contributed by atoms with Crippen LogP contribution in [0.2, 0.25) is 0 Å². The first kappa shape index (κ1) is 15.8. The predicted octanol–water partition coefficient (Wildman–Crippen LogP) is -0.0704. The lowest BCUT2D eigenvalue weighted by molar-refractivity contribution is 0.202. The molecule has 2 N–H and O–H groups in total. The summed E-state index contributed by atoms with van der Waals surface area (Å²) in [6.45, 7) is 0.703. The van der Waals surface area contributed by atoms with Gasteiger partial charge in [-0.3, -0.25) is 0 Å². The number of ether oxygens (including phenoxy) is 1. The molecular formula is C11H25N3O3S. The molecule has 0 heterocycles. The van der Waals surface area contributed by atoms with E-state index < -0.39 is 10.2 Å². The quantitative estimate of drug-likeness (QED) is 0.640. The van der Waals surface area contributed by atoms with E-state index in [4.69, 9.17) is 4.74 Å². The molecule has 0 spiro atoms. The number of hydrogen-bond acceptors (Lipinski definition) is 4. The molecule has 0 unspecified atom stereocenters. The van der Waals surface area contributed by atoms with Gasteiger partial charge in [-0.25, -0.2) is 0 Å². The first-order chi connectivity index (χ1) is 8.51. The molecule has 1 saturated carbocycles. The van der Waals surface area contributed by atoms with Gasteiger partial charge in [0.2, 0.25) is 0 Å². The standard InChI is InChI=1S/C11H25N3O3S/c1-12-10-4-6-11(7-5-10)14(2)18(15,16)13-8-9-17-3/h10-13H,4-9H2,1-3H3. The minimum Gasteiger partial charge on any atom is -0.383 e. The van der Waals surface area contributed by atoms with Gasteiger partial charge >= 0.3 is 0 Å². The van der Waals surface area contributed by atoms with E-state index in [1.807, 2.05) is 7.05 Å². The summed E-state index contributed by atoms with van der Waals surface area (Å²) in [6.07, 6.45) is 3.87. The number of nitrogens with one attached hydrogen (secondary N) is 2. The highest BCUT2D eigenvalue weighted by Crippen LogP contribution is 2.23. The molecule has 1 fully saturated rings. The summed E-state index contributed by atoms with van der Waals surface area (Å²) in [4.78, 5) is 0. The van der Waals surface area contributed by atoms with Gasteiger partial charge in [0.1, 0.15) is 0 Å². The van der Waals surface area contributed by atoms with Crippen LogP contribution in [0.5, 0.6) is 0 Å². The van der Waals surface area contributed by atoms with Crippen molar-refractivity contribution >= 4 is 10.2 Å². The number of rotatable bonds is 7. The molecule has 0 bridgehead atoms. The monoisotopic (exact) mass is 279 g/mol. The van der Waals surface area contributed by atoms with E-state index in [9.17, 15) is 8.42 Å². The SMILES string of the molecule is CNC1CCC(N(C)S(=O)(=O)NCCOC)CC1. The summed E-state index contributed by atoms with van der Waals surface area (Å²) in [5, 5.41) is 3.24. The minimum absolute atomic E-state index is 0.106. The van der Waals surface area contributed by atoms with Gasteiger partial charge in [-0.2, -0.15) is 17.4 Å². The number of methoxy groups -OCH3 is 1. The molecule has 6 nitrogen and oxygen atoms in total. The molecule has 1 aliphatic carbocycles. The zero-order valence-electron chi connectivity index (χ0n) is 11.5. The van der Waals surface area contributed by atoms with Crippen LogP contribution in [0.4, 0.5) is 0 Å². The van der Waals surface area contributed by atoms with Gasteiger partial charge in [0.15, 0.2) is 0 Å². The van der Waals surface area contributed by atoms with Crippen LogP contribution >= 0.6 is 0 Å². The summed E-state index contributed by atoms with van der Waals surface area (Å²) in [5.41, 5.74) is 0. The normalized spacial score (nSPS) is 25.6. The van der Waals surface area contributed by atoms with Crippen LogP contribution in [0.25, 0.3) is 0 Å². The van der Waals surface area contributed by atoms with Gasteiger partial charge in [-0.05, 0) is 32.7 Å². The van der Waals surface area contributed by atoms with Crippen molar-refractivity contribution in [1.29, 1.82) is 0 Å². The Balaban J connectivity index is 2.45. The van der Waals surface area contributed by atoms with Crippen LogP contribution in [-0.4, -0.2) is 59.2 Å². The largest absolute Gasteiger partial charge is 0.383 e. The Morgan fingerprint density at radius 3 is 2.39 bits per heavy atom. The highest BCUT2D eigenvalue weighted by atomic mass is 32.2. The lowest BCUT2D eigenvalue weighted by atomic mass is 9.91. The summed E-state index contributed by atoms with van der Waals surface area (Å²) in [6, 6.07) is 0.633. The van der Waals surface area contributed by atoms with Gasteiger partial charge in [0.05, 0.1) is 6.61 Å². The predicted molar refractivity (Wildman–Crippen MR) is 71.7 cm³/mol. The Kier molecular flexibility index (Phi) is 6.51. The van der Waals surface area contributed by atoms with E-state index in [1.165, 1.54) is 4.31 Å². The molecule has 1 rings (SSSR count). The Morgan fingerprint density at radius 2 is 1.89 bits per heavy atom. The lowest BCUT2D eigenvalue weighted by Gasteiger charge is -2.33. The molecule has 0 saturated heterocycles. The molecular weight excluding hydrogens is 254 g/mol. The van der Waals surface area contributed by atoms with Crippen molar-refractivity contribution < 1.29 is 13.2 Å². The van der Waals surface area contributed by atoms with Crippen molar-refractivity contribution in [3.8, 4) is 0 Å². The van der Waals surface area contributed by atoms with E-state index in [-0.39, 0.29) is 6.04 Å². The van der Waals surface area contributed by atoms with Crippen molar-refractivity contribution in [3.63, 3.8) is 0 Å². The highest BCUT2D eigenvalue weighted by Gasteiger charge is 2.29. The van der Waals surface area contributed by atoms with Crippen molar-refractivity contribution in [2.24, 2.45) is 0 Å². The van der Waals surface area contributed by atoms with Gasteiger partial charge in [0, 0.05) is 32.8 Å². The Morgan fingerprint density at radius 1 is 1.28 bits per heavy atom. The Labute approximate surface area is 110 Å². The molecule has 18 heavy (non-hydrogen) atoms. The van der Waals surface area contributed by atoms with E-state index in [0.717, 1.165) is 25.7 Å². The molecule has 7 heteroatoms. The lowest BCUT2D eigenvalue weighted by Crippen LogP contribution is -2.47. The fourth-order valence-electron chi connectivity index (χ4n) is 2.30. The smallest absolute Gasteiger partial charge is 0.279 e. The highest BCUT2D eigenvalue weighted by molar-refractivity contribution is 7.87. The van der Waals surface area contributed by atoms with Crippen LogP contribution in [0, 0.1) is 0 Å². The van der Waals surface area contributed by atoms with E-state index in [1.54, 1.807) is 14.2 Å². The van der Waals surface area contributed by atoms with E-state index in [0.29, 0.717) is 19.2 Å². The van der Waals surface area contributed by atoms with Gasteiger partial charge in [-0.1, -0.05) is 0 Å². The fraction of sp³-hybridized carbons (Fsp3) is 1.00. The third-order valence-corrected chi connectivity index (χ3v) is 5.21. The summed E-state index contributed by atoms with van der Waals surface area (Å²) < 4.78 is 32.8. The Bertz CT molecular complexity index is 326. The van der Waals surface area contributed by atoms with E-state index >= 15 is 0 Å². The maximum Gasteiger partial charge on any atom is 0.279 e. The van der Waals surface area contributed by atoms with Crippen LogP contribution in [0.1, 0.15) is 25.7 Å². The van der Waals surface area contributed by atoms with Crippen molar-refractivity contribution in [3.05, 3.63) is 0 Å². The van der Waals surface area contributed by atoms with Crippen molar-refractivity contribution in [1.82, 2.24) is 14.3 Å². The summed E-state index contributed by atoms with van der Waals surface area (Å²) in [7, 11) is 1.79. The second-order valence-corrected chi connectivity index (χ2v) is 6.52. The molecule has 108 valence electrons. The molecule has 0 radical (unpaired) electrons. The average molecular weight is 279 g/mol. The maximum atomic E-state index is 12.0. The van der Waals surface area contributed by atoms with Crippen LogP contribution in [-0.2, 0) is 14.9 Å². The average Bonchev–Trinajstić information content (AvgIpc) is 2.38. The minimum atomic E-state index is -3.37. The first-order valence-electron chi connectivity index (χ1n) is 6.40. The zero-order valence-corrected chi connectivity index (χ0v) is 12.3. The second kappa shape index (κ2) is 7.40. The molecule has 0 aliphatic heterocycles. The molecule has 1 aliphatic rings. The van der Waals surface area contributed by atoms with Gasteiger partial charge in [-0.15, -0.1) is 0 Å². The fourth-order valence-corrected chi connectivity index (χ4v) is 3.45. The topological polar surface area (TPSA) is 70.7 Å².